The van der Waals surface area contributed by atoms with E-state index < -0.39 is 15.9 Å². The normalized spacial score (nSPS) is 11.1. The minimum Gasteiger partial charge on any atom is -0.322 e. The fraction of sp³-hybridized carbons (Fsp3) is 0. The van der Waals surface area contributed by atoms with E-state index >= 15 is 0 Å². The molecular formula is C19H13BrCl2N2O3S. The molecule has 0 aromatic heterocycles. The first kappa shape index (κ1) is 20.7. The van der Waals surface area contributed by atoms with Gasteiger partial charge in [-0.05, 0) is 66.7 Å². The highest BCUT2D eigenvalue weighted by Crippen LogP contribution is 2.26. The molecule has 0 atom stereocenters. The molecule has 2 N–H and O–H groups in total. The maximum atomic E-state index is 12.7. The lowest BCUT2D eigenvalue weighted by molar-refractivity contribution is 0.102. The van der Waals surface area contributed by atoms with E-state index in [2.05, 4.69) is 26.0 Å². The van der Waals surface area contributed by atoms with E-state index in [9.17, 15) is 13.2 Å². The zero-order valence-corrected chi connectivity index (χ0v) is 18.0. The van der Waals surface area contributed by atoms with Crippen LogP contribution in [0.2, 0.25) is 10.0 Å². The number of anilines is 2. The summed E-state index contributed by atoms with van der Waals surface area (Å²) in [5.41, 5.74) is 0.829. The monoisotopic (exact) mass is 498 g/mol. The smallest absolute Gasteiger partial charge is 0.261 e. The van der Waals surface area contributed by atoms with Crippen molar-refractivity contribution >= 4 is 66.4 Å². The Bertz CT molecular complexity index is 1120. The first-order valence-electron chi connectivity index (χ1n) is 7.89. The highest BCUT2D eigenvalue weighted by atomic mass is 79.9. The van der Waals surface area contributed by atoms with Crippen LogP contribution in [0.3, 0.4) is 0 Å². The average molecular weight is 500 g/mol. The van der Waals surface area contributed by atoms with Gasteiger partial charge >= 0.3 is 0 Å². The molecule has 144 valence electrons. The summed E-state index contributed by atoms with van der Waals surface area (Å²) in [6, 6.07) is 17.0. The molecule has 5 nitrogen and oxygen atoms in total. The zero-order valence-electron chi connectivity index (χ0n) is 14.1. The fourth-order valence-corrected chi connectivity index (χ4v) is 4.03. The first-order chi connectivity index (χ1) is 13.2. The number of carbonyl (C=O) groups excluding carboxylic acids is 1. The molecule has 0 unspecified atom stereocenters. The molecule has 0 saturated heterocycles. The Morgan fingerprint density at radius 3 is 2.04 bits per heavy atom. The third-order valence-electron chi connectivity index (χ3n) is 3.70. The molecule has 3 aromatic rings. The van der Waals surface area contributed by atoms with Gasteiger partial charge in [0.05, 0.1) is 16.1 Å². The number of nitrogens with one attached hydrogen (secondary N) is 2. The van der Waals surface area contributed by atoms with Crippen LogP contribution < -0.4 is 10.0 Å². The van der Waals surface area contributed by atoms with Crippen LogP contribution in [-0.2, 0) is 10.0 Å². The highest BCUT2D eigenvalue weighted by Gasteiger charge is 2.19. The SMILES string of the molecule is O=C(Nc1ccc(Cl)cc1)c1ccc(Br)cc1NS(=O)(=O)c1ccc(Cl)cc1. The summed E-state index contributed by atoms with van der Waals surface area (Å²) in [7, 11) is -3.91. The molecule has 0 fully saturated rings. The summed E-state index contributed by atoms with van der Waals surface area (Å²) in [6.45, 7) is 0. The van der Waals surface area contributed by atoms with Gasteiger partial charge in [0.15, 0.2) is 0 Å². The van der Waals surface area contributed by atoms with Crippen molar-refractivity contribution in [3.8, 4) is 0 Å². The molecule has 0 bridgehead atoms. The van der Waals surface area contributed by atoms with Crippen molar-refractivity contribution in [2.24, 2.45) is 0 Å². The molecule has 0 aliphatic rings. The van der Waals surface area contributed by atoms with Crippen molar-refractivity contribution in [2.75, 3.05) is 10.0 Å². The first-order valence-corrected chi connectivity index (χ1v) is 10.9. The third-order valence-corrected chi connectivity index (χ3v) is 6.08. The van der Waals surface area contributed by atoms with Gasteiger partial charge in [0.2, 0.25) is 0 Å². The van der Waals surface area contributed by atoms with E-state index in [1.807, 2.05) is 0 Å². The quantitative estimate of drug-likeness (QED) is 0.465. The van der Waals surface area contributed by atoms with Gasteiger partial charge in [0, 0.05) is 20.2 Å². The molecule has 0 aliphatic heterocycles. The van der Waals surface area contributed by atoms with Crippen LogP contribution in [-0.4, -0.2) is 14.3 Å². The lowest BCUT2D eigenvalue weighted by atomic mass is 10.1. The van der Waals surface area contributed by atoms with Gasteiger partial charge in [-0.15, -0.1) is 0 Å². The molecule has 0 aliphatic carbocycles. The van der Waals surface area contributed by atoms with Gasteiger partial charge in [-0.25, -0.2) is 8.42 Å². The van der Waals surface area contributed by atoms with Crippen molar-refractivity contribution in [3.05, 3.63) is 86.8 Å². The van der Waals surface area contributed by atoms with Crippen LogP contribution >= 0.6 is 39.1 Å². The van der Waals surface area contributed by atoms with Crippen molar-refractivity contribution in [3.63, 3.8) is 0 Å². The molecule has 3 rings (SSSR count). The Balaban J connectivity index is 1.91. The summed E-state index contributed by atoms with van der Waals surface area (Å²) in [5, 5.41) is 3.67. The minimum absolute atomic E-state index is 0.0286. The summed E-state index contributed by atoms with van der Waals surface area (Å²) >= 11 is 15.0. The van der Waals surface area contributed by atoms with Gasteiger partial charge in [0.1, 0.15) is 0 Å². The maximum absolute atomic E-state index is 12.7. The van der Waals surface area contributed by atoms with Crippen LogP contribution in [0.15, 0.2) is 76.1 Å². The zero-order chi connectivity index (χ0) is 20.3. The number of hydrogen-bond donors (Lipinski definition) is 2. The van der Waals surface area contributed by atoms with Crippen LogP contribution in [0.4, 0.5) is 11.4 Å². The molecule has 0 heterocycles. The molecule has 0 saturated carbocycles. The number of amides is 1. The van der Waals surface area contributed by atoms with Gasteiger partial charge in [-0.1, -0.05) is 39.1 Å². The Kier molecular flexibility index (Phi) is 6.30. The molecule has 1 amide bonds. The van der Waals surface area contributed by atoms with E-state index in [1.54, 1.807) is 30.3 Å². The molecular weight excluding hydrogens is 487 g/mol. The molecule has 0 radical (unpaired) electrons. The van der Waals surface area contributed by atoms with E-state index in [4.69, 9.17) is 23.2 Å². The minimum atomic E-state index is -3.91. The number of hydrogen-bond acceptors (Lipinski definition) is 3. The van der Waals surface area contributed by atoms with Crippen LogP contribution in [0, 0.1) is 0 Å². The van der Waals surface area contributed by atoms with Gasteiger partial charge in [0.25, 0.3) is 15.9 Å². The average Bonchev–Trinajstić information content (AvgIpc) is 2.63. The number of halogens is 3. The van der Waals surface area contributed by atoms with Crippen LogP contribution in [0.1, 0.15) is 10.4 Å². The standard InChI is InChI=1S/C19H13BrCl2N2O3S/c20-12-1-10-17(19(25)23-15-6-2-13(21)3-7-15)18(11-12)24-28(26,27)16-8-4-14(22)5-9-16/h1-11,24H,(H,23,25). The number of benzene rings is 3. The lowest BCUT2D eigenvalue weighted by Crippen LogP contribution is -2.18. The number of carbonyl (C=O) groups is 1. The molecule has 9 heteroatoms. The fourth-order valence-electron chi connectivity index (χ4n) is 2.35. The summed E-state index contributed by atoms with van der Waals surface area (Å²) in [4.78, 5) is 12.7. The van der Waals surface area contributed by atoms with Crippen molar-refractivity contribution in [1.29, 1.82) is 0 Å². The van der Waals surface area contributed by atoms with E-state index in [1.165, 1.54) is 36.4 Å². The predicted molar refractivity (Wildman–Crippen MR) is 116 cm³/mol. The van der Waals surface area contributed by atoms with Crippen LogP contribution in [0.5, 0.6) is 0 Å². The summed E-state index contributed by atoms with van der Waals surface area (Å²) < 4.78 is 28.4. The van der Waals surface area contributed by atoms with Crippen molar-refractivity contribution in [1.82, 2.24) is 0 Å². The van der Waals surface area contributed by atoms with Crippen molar-refractivity contribution in [2.45, 2.75) is 4.90 Å². The summed E-state index contributed by atoms with van der Waals surface area (Å²) in [6.07, 6.45) is 0. The van der Waals surface area contributed by atoms with Gasteiger partial charge in [-0.2, -0.15) is 0 Å². The topological polar surface area (TPSA) is 75.3 Å². The Labute approximate surface area is 180 Å². The number of sulfonamides is 1. The molecule has 0 spiro atoms. The third kappa shape index (κ3) is 5.05. The molecule has 28 heavy (non-hydrogen) atoms. The molecule has 3 aromatic carbocycles. The predicted octanol–water partition coefficient (Wildman–Crippen LogP) is 5.81. The second-order valence-electron chi connectivity index (χ2n) is 5.71. The number of rotatable bonds is 5. The van der Waals surface area contributed by atoms with Gasteiger partial charge < -0.3 is 5.32 Å². The maximum Gasteiger partial charge on any atom is 0.261 e. The van der Waals surface area contributed by atoms with E-state index in [0.29, 0.717) is 20.2 Å². The Hall–Kier alpha value is -2.06. The lowest BCUT2D eigenvalue weighted by Gasteiger charge is -2.13. The van der Waals surface area contributed by atoms with Gasteiger partial charge in [-0.3, -0.25) is 9.52 Å². The second-order valence-corrected chi connectivity index (χ2v) is 9.18. The largest absolute Gasteiger partial charge is 0.322 e. The van der Waals surface area contributed by atoms with E-state index in [0.717, 1.165) is 0 Å². The summed E-state index contributed by atoms with van der Waals surface area (Å²) in [5.74, 6) is -0.469. The van der Waals surface area contributed by atoms with Crippen LogP contribution in [0.25, 0.3) is 0 Å². The Morgan fingerprint density at radius 1 is 0.857 bits per heavy atom. The van der Waals surface area contributed by atoms with E-state index in [-0.39, 0.29) is 16.1 Å². The van der Waals surface area contributed by atoms with Crippen molar-refractivity contribution < 1.29 is 13.2 Å². The highest BCUT2D eigenvalue weighted by molar-refractivity contribution is 9.10. The second kappa shape index (κ2) is 8.53. The Morgan fingerprint density at radius 2 is 1.43 bits per heavy atom.